The SMILES string of the molecule is CCCOc1cccc(C(O)=C2C(=O)C(=O)N(c3nc4ccc(C)cc4s3)C2c2ccncc2)c1. The van der Waals surface area contributed by atoms with Gasteiger partial charge in [0.1, 0.15) is 11.5 Å². The molecule has 0 aliphatic carbocycles. The number of benzene rings is 2. The maximum absolute atomic E-state index is 13.3. The van der Waals surface area contributed by atoms with Crippen molar-refractivity contribution in [2.75, 3.05) is 11.5 Å². The summed E-state index contributed by atoms with van der Waals surface area (Å²) in [6.45, 7) is 4.52. The number of ketones is 1. The third-order valence-corrected chi connectivity index (χ3v) is 6.80. The van der Waals surface area contributed by atoms with Crippen molar-refractivity contribution in [1.82, 2.24) is 9.97 Å². The first kappa shape index (κ1) is 22.7. The van der Waals surface area contributed by atoms with Gasteiger partial charge in [-0.15, -0.1) is 0 Å². The molecule has 1 unspecified atom stereocenters. The van der Waals surface area contributed by atoms with Crippen LogP contribution >= 0.6 is 11.3 Å². The monoisotopic (exact) mass is 485 g/mol. The van der Waals surface area contributed by atoms with Crippen molar-refractivity contribution >= 4 is 44.1 Å². The van der Waals surface area contributed by atoms with Gasteiger partial charge in [-0.1, -0.05) is 36.5 Å². The van der Waals surface area contributed by atoms with Gasteiger partial charge < -0.3 is 9.84 Å². The zero-order valence-corrected chi connectivity index (χ0v) is 20.1. The average molecular weight is 486 g/mol. The number of pyridine rings is 1. The lowest BCUT2D eigenvalue weighted by molar-refractivity contribution is -0.132. The fraction of sp³-hybridized carbons (Fsp3) is 0.185. The molecular formula is C27H23N3O4S. The Morgan fingerprint density at radius 2 is 1.91 bits per heavy atom. The number of aliphatic hydroxyl groups excluding tert-OH is 1. The Morgan fingerprint density at radius 3 is 2.69 bits per heavy atom. The topological polar surface area (TPSA) is 92.6 Å². The lowest BCUT2D eigenvalue weighted by Gasteiger charge is -2.22. The highest BCUT2D eigenvalue weighted by atomic mass is 32.1. The Balaban J connectivity index is 1.67. The molecule has 0 radical (unpaired) electrons. The van der Waals surface area contributed by atoms with Crippen molar-refractivity contribution in [3.8, 4) is 5.75 Å². The highest BCUT2D eigenvalue weighted by Crippen LogP contribution is 2.44. The molecule has 3 heterocycles. The molecule has 0 bridgehead atoms. The number of anilines is 1. The van der Waals surface area contributed by atoms with Crippen molar-refractivity contribution in [2.45, 2.75) is 26.3 Å². The van der Waals surface area contributed by atoms with Crippen LogP contribution in [0.2, 0.25) is 0 Å². The van der Waals surface area contributed by atoms with Gasteiger partial charge in [0.15, 0.2) is 5.13 Å². The van der Waals surface area contributed by atoms with Crippen LogP contribution in [-0.4, -0.2) is 33.4 Å². The van der Waals surface area contributed by atoms with Crippen LogP contribution in [0, 0.1) is 6.92 Å². The van der Waals surface area contributed by atoms with E-state index in [0.29, 0.717) is 28.6 Å². The fourth-order valence-electron chi connectivity index (χ4n) is 4.12. The summed E-state index contributed by atoms with van der Waals surface area (Å²) in [4.78, 5) is 36.8. The molecule has 5 rings (SSSR count). The van der Waals surface area contributed by atoms with E-state index in [2.05, 4.69) is 9.97 Å². The second-order valence-corrected chi connectivity index (χ2v) is 9.30. The molecule has 1 N–H and O–H groups in total. The summed E-state index contributed by atoms with van der Waals surface area (Å²) in [6.07, 6.45) is 4.03. The number of carbonyl (C=O) groups is 2. The minimum Gasteiger partial charge on any atom is -0.507 e. The first-order valence-corrected chi connectivity index (χ1v) is 12.1. The van der Waals surface area contributed by atoms with Crippen molar-refractivity contribution < 1.29 is 19.4 Å². The summed E-state index contributed by atoms with van der Waals surface area (Å²) in [5.74, 6) is -1.18. The summed E-state index contributed by atoms with van der Waals surface area (Å²) in [5.41, 5.74) is 2.87. The maximum Gasteiger partial charge on any atom is 0.301 e. The zero-order chi connectivity index (χ0) is 24.5. The van der Waals surface area contributed by atoms with Gasteiger partial charge in [0.2, 0.25) is 0 Å². The number of aliphatic hydroxyl groups is 1. The minimum absolute atomic E-state index is 0.00396. The number of aryl methyl sites for hydroxylation is 1. The van der Waals surface area contributed by atoms with Gasteiger partial charge in [0, 0.05) is 18.0 Å². The van der Waals surface area contributed by atoms with Crippen LogP contribution < -0.4 is 9.64 Å². The second-order valence-electron chi connectivity index (χ2n) is 8.29. The van der Waals surface area contributed by atoms with Crippen LogP contribution in [0.1, 0.15) is 36.1 Å². The van der Waals surface area contributed by atoms with Gasteiger partial charge in [-0.25, -0.2) is 4.98 Å². The zero-order valence-electron chi connectivity index (χ0n) is 19.3. The Hall–Kier alpha value is -4.04. The first-order valence-electron chi connectivity index (χ1n) is 11.3. The number of nitrogens with zero attached hydrogens (tertiary/aromatic N) is 3. The third-order valence-electron chi connectivity index (χ3n) is 5.79. The van der Waals surface area contributed by atoms with Crippen LogP contribution in [0.3, 0.4) is 0 Å². The number of hydrogen-bond donors (Lipinski definition) is 1. The Kier molecular flexibility index (Phi) is 6.05. The molecule has 1 amide bonds. The standard InChI is InChI=1S/C27H23N3O4S/c1-3-13-34-19-6-4-5-18(15-19)24(31)22-23(17-9-11-28-12-10-17)30(26(33)25(22)32)27-29-20-8-7-16(2)14-21(20)35-27/h4-12,14-15,23,31H,3,13H2,1-2H3. The summed E-state index contributed by atoms with van der Waals surface area (Å²) in [5, 5.41) is 11.7. The van der Waals surface area contributed by atoms with E-state index >= 15 is 0 Å². The number of aromatic nitrogens is 2. The maximum atomic E-state index is 13.3. The smallest absolute Gasteiger partial charge is 0.301 e. The lowest BCUT2D eigenvalue weighted by atomic mass is 9.96. The van der Waals surface area contributed by atoms with Crippen molar-refractivity contribution in [2.24, 2.45) is 0 Å². The Morgan fingerprint density at radius 1 is 1.11 bits per heavy atom. The van der Waals surface area contributed by atoms with Gasteiger partial charge in [0.25, 0.3) is 5.78 Å². The van der Waals surface area contributed by atoms with Crippen molar-refractivity contribution in [1.29, 1.82) is 0 Å². The number of fused-ring (bicyclic) bond motifs is 1. The number of carbonyl (C=O) groups excluding carboxylic acids is 2. The van der Waals surface area contributed by atoms with Crippen LogP contribution in [0.4, 0.5) is 5.13 Å². The highest BCUT2D eigenvalue weighted by Gasteiger charge is 2.48. The highest BCUT2D eigenvalue weighted by molar-refractivity contribution is 7.22. The molecule has 7 nitrogen and oxygen atoms in total. The number of ether oxygens (including phenoxy) is 1. The average Bonchev–Trinajstić information content (AvgIpc) is 3.40. The molecule has 35 heavy (non-hydrogen) atoms. The largest absolute Gasteiger partial charge is 0.507 e. The molecule has 1 fully saturated rings. The number of rotatable bonds is 6. The first-order chi connectivity index (χ1) is 17.0. The van der Waals surface area contributed by atoms with E-state index in [4.69, 9.17) is 4.74 Å². The molecule has 1 aliphatic heterocycles. The molecule has 2 aromatic carbocycles. The molecule has 4 aromatic rings. The number of hydrogen-bond acceptors (Lipinski definition) is 7. The third kappa shape index (κ3) is 4.17. The van der Waals surface area contributed by atoms with Crippen LogP contribution in [0.25, 0.3) is 16.0 Å². The normalized spacial score (nSPS) is 17.3. The number of thiazole rings is 1. The van der Waals surface area contributed by atoms with Gasteiger partial charge in [-0.05, 0) is 60.9 Å². The molecule has 1 aliphatic rings. The summed E-state index contributed by atoms with van der Waals surface area (Å²) < 4.78 is 6.60. The molecule has 1 atom stereocenters. The minimum atomic E-state index is -0.847. The predicted octanol–water partition coefficient (Wildman–Crippen LogP) is 5.41. The second kappa shape index (κ2) is 9.31. The van der Waals surface area contributed by atoms with E-state index in [9.17, 15) is 14.7 Å². The van der Waals surface area contributed by atoms with Gasteiger partial charge in [0.05, 0.1) is 28.4 Å². The molecular weight excluding hydrogens is 462 g/mol. The molecule has 176 valence electrons. The van der Waals surface area contributed by atoms with E-state index in [1.807, 2.05) is 32.0 Å². The summed E-state index contributed by atoms with van der Waals surface area (Å²) in [6, 6.07) is 15.3. The fourth-order valence-corrected chi connectivity index (χ4v) is 5.21. The molecule has 1 saturated heterocycles. The van der Waals surface area contributed by atoms with E-state index in [-0.39, 0.29) is 11.3 Å². The van der Waals surface area contributed by atoms with Crippen molar-refractivity contribution in [3.05, 3.63) is 89.3 Å². The Labute approximate surface area is 206 Å². The predicted molar refractivity (Wildman–Crippen MR) is 136 cm³/mol. The molecule has 0 spiro atoms. The van der Waals surface area contributed by atoms with Gasteiger partial charge in [-0.3, -0.25) is 19.5 Å². The van der Waals surface area contributed by atoms with Gasteiger partial charge >= 0.3 is 5.91 Å². The molecule has 0 saturated carbocycles. The summed E-state index contributed by atoms with van der Waals surface area (Å²) in [7, 11) is 0. The van der Waals surface area contributed by atoms with Gasteiger partial charge in [-0.2, -0.15) is 0 Å². The quantitative estimate of drug-likeness (QED) is 0.223. The van der Waals surface area contributed by atoms with E-state index in [1.165, 1.54) is 16.2 Å². The van der Waals surface area contributed by atoms with Crippen LogP contribution in [0.15, 0.2) is 72.6 Å². The van der Waals surface area contributed by atoms with E-state index in [0.717, 1.165) is 22.2 Å². The van der Waals surface area contributed by atoms with E-state index in [1.54, 1.807) is 48.8 Å². The van der Waals surface area contributed by atoms with E-state index < -0.39 is 17.7 Å². The van der Waals surface area contributed by atoms with Crippen LogP contribution in [0.5, 0.6) is 5.75 Å². The lowest BCUT2D eigenvalue weighted by Crippen LogP contribution is -2.29. The molecule has 8 heteroatoms. The van der Waals surface area contributed by atoms with Crippen molar-refractivity contribution in [3.63, 3.8) is 0 Å². The molecule has 2 aromatic heterocycles. The summed E-state index contributed by atoms with van der Waals surface area (Å²) >= 11 is 1.34. The number of Topliss-reactive ketones (excluding diaryl/α,β-unsaturated/α-hetero) is 1. The van der Waals surface area contributed by atoms with Crippen LogP contribution in [-0.2, 0) is 9.59 Å². The Bertz CT molecular complexity index is 1460. The number of amides is 1.